The van der Waals surface area contributed by atoms with E-state index >= 15 is 0 Å². The Kier molecular flexibility index (Phi) is 4.82. The highest BCUT2D eigenvalue weighted by molar-refractivity contribution is 5.83. The number of hydrogen-bond acceptors (Lipinski definition) is 2. The van der Waals surface area contributed by atoms with Gasteiger partial charge in [-0.3, -0.25) is 4.79 Å². The minimum absolute atomic E-state index is 0.141. The maximum atomic E-state index is 12.3. The highest BCUT2D eigenvalue weighted by Gasteiger charge is 2.48. The summed E-state index contributed by atoms with van der Waals surface area (Å²) in [4.78, 5) is 10.5. The van der Waals surface area contributed by atoms with Crippen molar-refractivity contribution in [1.29, 1.82) is 0 Å². The van der Waals surface area contributed by atoms with Crippen molar-refractivity contribution < 1.29 is 22.4 Å². The second-order valence-corrected chi connectivity index (χ2v) is 2.97. The lowest BCUT2D eigenvalue weighted by Gasteiger charge is -2.16. The molecule has 0 spiro atoms. The topological polar surface area (TPSA) is 55.1 Å². The summed E-state index contributed by atoms with van der Waals surface area (Å²) in [6.45, 7) is 1.64. The lowest BCUT2D eigenvalue weighted by molar-refractivity contribution is -0.169. The van der Waals surface area contributed by atoms with Crippen molar-refractivity contribution in [3.63, 3.8) is 0 Å². The molecule has 3 nitrogen and oxygen atoms in total. The predicted octanol–water partition coefficient (Wildman–Crippen LogP) is 0.598. The number of carbonyl (C=O) groups is 1. The molecule has 0 aliphatic rings. The third kappa shape index (κ3) is 3.49. The van der Waals surface area contributed by atoms with Crippen molar-refractivity contribution in [2.24, 2.45) is 11.7 Å². The predicted molar refractivity (Wildman–Crippen MR) is 42.2 cm³/mol. The molecule has 0 radical (unpaired) electrons. The highest BCUT2D eigenvalue weighted by atomic mass is 19.3. The lowest BCUT2D eigenvalue weighted by Crippen LogP contribution is -2.46. The van der Waals surface area contributed by atoms with Gasteiger partial charge in [-0.1, -0.05) is 6.92 Å². The minimum Gasteiger partial charge on any atom is -0.350 e. The van der Waals surface area contributed by atoms with Crippen molar-refractivity contribution in [2.45, 2.75) is 19.3 Å². The fourth-order valence-electron chi connectivity index (χ4n) is 0.567. The number of halogens is 4. The third-order valence-corrected chi connectivity index (χ3v) is 1.59. The second kappa shape index (κ2) is 5.14. The number of nitrogens with one attached hydrogen (secondary N) is 1. The first kappa shape index (κ1) is 13.2. The largest absolute Gasteiger partial charge is 0.383 e. The van der Waals surface area contributed by atoms with Crippen LogP contribution in [0.3, 0.4) is 0 Å². The van der Waals surface area contributed by atoms with Gasteiger partial charge >= 0.3 is 12.3 Å². The van der Waals surface area contributed by atoms with Crippen LogP contribution in [0.5, 0.6) is 0 Å². The Hall–Kier alpha value is -0.850. The zero-order valence-electron chi connectivity index (χ0n) is 7.57. The molecule has 0 rings (SSSR count). The van der Waals surface area contributed by atoms with Gasteiger partial charge in [0.2, 0.25) is 0 Å². The molecular formula is C7H12F4N2O. The van der Waals surface area contributed by atoms with Gasteiger partial charge < -0.3 is 11.1 Å². The number of alkyl halides is 4. The van der Waals surface area contributed by atoms with Gasteiger partial charge in [-0.15, -0.1) is 0 Å². The van der Waals surface area contributed by atoms with Crippen LogP contribution in [0.25, 0.3) is 0 Å². The van der Waals surface area contributed by atoms with E-state index in [-0.39, 0.29) is 19.0 Å². The first-order valence-corrected chi connectivity index (χ1v) is 3.96. The monoisotopic (exact) mass is 216 g/mol. The molecule has 0 saturated carbocycles. The van der Waals surface area contributed by atoms with Crippen LogP contribution in [0.1, 0.15) is 6.92 Å². The van der Waals surface area contributed by atoms with Gasteiger partial charge in [0.25, 0.3) is 5.91 Å². The number of nitrogens with two attached hydrogens (primary N) is 1. The molecule has 0 aromatic heterocycles. The Morgan fingerprint density at radius 2 is 2.00 bits per heavy atom. The molecule has 84 valence electrons. The van der Waals surface area contributed by atoms with Crippen molar-refractivity contribution in [3.05, 3.63) is 0 Å². The Morgan fingerprint density at radius 1 is 1.50 bits per heavy atom. The van der Waals surface area contributed by atoms with E-state index in [4.69, 9.17) is 5.73 Å². The van der Waals surface area contributed by atoms with Crippen molar-refractivity contribution in [3.8, 4) is 0 Å². The van der Waals surface area contributed by atoms with Gasteiger partial charge in [0.15, 0.2) is 0 Å². The normalized spacial score (nSPS) is 14.2. The SMILES string of the molecule is CC(CN)CNC(=O)C(F)(F)C(F)F. The molecule has 1 unspecified atom stereocenters. The fraction of sp³-hybridized carbons (Fsp3) is 0.857. The number of rotatable bonds is 5. The van der Waals surface area contributed by atoms with Gasteiger partial charge in [-0.25, -0.2) is 8.78 Å². The van der Waals surface area contributed by atoms with Crippen LogP contribution in [0.4, 0.5) is 17.6 Å². The first-order valence-electron chi connectivity index (χ1n) is 3.96. The molecule has 0 fully saturated rings. The van der Waals surface area contributed by atoms with Gasteiger partial charge in [-0.05, 0) is 12.5 Å². The molecular weight excluding hydrogens is 204 g/mol. The molecule has 7 heteroatoms. The van der Waals surface area contributed by atoms with Crippen LogP contribution in [0.15, 0.2) is 0 Å². The summed E-state index contributed by atoms with van der Waals surface area (Å²) < 4.78 is 47.9. The second-order valence-electron chi connectivity index (χ2n) is 2.97. The molecule has 0 saturated heterocycles. The van der Waals surface area contributed by atoms with E-state index in [1.54, 1.807) is 12.2 Å². The van der Waals surface area contributed by atoms with Crippen LogP contribution in [0.2, 0.25) is 0 Å². The first-order chi connectivity index (χ1) is 6.32. The molecule has 0 heterocycles. The molecule has 1 atom stereocenters. The van der Waals surface area contributed by atoms with Crippen LogP contribution < -0.4 is 11.1 Å². The van der Waals surface area contributed by atoms with Crippen molar-refractivity contribution in [1.82, 2.24) is 5.32 Å². The van der Waals surface area contributed by atoms with Gasteiger partial charge in [0.1, 0.15) is 0 Å². The summed E-state index contributed by atoms with van der Waals surface area (Å²) in [5, 5.41) is 1.71. The van der Waals surface area contributed by atoms with E-state index < -0.39 is 18.3 Å². The van der Waals surface area contributed by atoms with Crippen molar-refractivity contribution in [2.75, 3.05) is 13.1 Å². The maximum Gasteiger partial charge on any atom is 0.383 e. The zero-order chi connectivity index (χ0) is 11.4. The molecule has 0 bridgehead atoms. The highest BCUT2D eigenvalue weighted by Crippen LogP contribution is 2.22. The van der Waals surface area contributed by atoms with E-state index in [9.17, 15) is 22.4 Å². The fourth-order valence-corrected chi connectivity index (χ4v) is 0.567. The van der Waals surface area contributed by atoms with Gasteiger partial charge in [-0.2, -0.15) is 8.78 Å². The van der Waals surface area contributed by atoms with Crippen LogP contribution in [0, 0.1) is 5.92 Å². The molecule has 3 N–H and O–H groups in total. The van der Waals surface area contributed by atoms with Crippen LogP contribution in [-0.2, 0) is 4.79 Å². The summed E-state index contributed by atoms with van der Waals surface area (Å²) in [6, 6.07) is 0. The van der Waals surface area contributed by atoms with E-state index in [0.717, 1.165) is 0 Å². The zero-order valence-corrected chi connectivity index (χ0v) is 7.57. The standard InChI is InChI=1S/C7H12F4N2O/c1-4(2-12)3-13-6(14)7(10,11)5(8)9/h4-5H,2-3,12H2,1H3,(H,13,14). The number of hydrogen-bond donors (Lipinski definition) is 2. The molecule has 0 aromatic carbocycles. The maximum absolute atomic E-state index is 12.3. The summed E-state index contributed by atoms with van der Waals surface area (Å²) >= 11 is 0. The molecule has 1 amide bonds. The Morgan fingerprint density at radius 3 is 2.36 bits per heavy atom. The summed E-state index contributed by atoms with van der Waals surface area (Å²) in [5.74, 6) is -6.82. The Balaban J connectivity index is 4.08. The van der Waals surface area contributed by atoms with Gasteiger partial charge in [0, 0.05) is 6.54 Å². The average Bonchev–Trinajstić information content (AvgIpc) is 2.12. The number of amides is 1. The molecule has 14 heavy (non-hydrogen) atoms. The van der Waals surface area contributed by atoms with E-state index in [0.29, 0.717) is 0 Å². The number of carbonyl (C=O) groups excluding carboxylic acids is 1. The quantitative estimate of drug-likeness (QED) is 0.661. The molecule has 0 aliphatic heterocycles. The van der Waals surface area contributed by atoms with E-state index in [1.165, 1.54) is 0 Å². The minimum atomic E-state index is -4.63. The van der Waals surface area contributed by atoms with E-state index in [1.807, 2.05) is 0 Å². The van der Waals surface area contributed by atoms with E-state index in [2.05, 4.69) is 0 Å². The average molecular weight is 216 g/mol. The Labute approximate surface area is 78.6 Å². The summed E-state index contributed by atoms with van der Waals surface area (Å²) in [5.41, 5.74) is 5.14. The smallest absolute Gasteiger partial charge is 0.350 e. The van der Waals surface area contributed by atoms with Crippen LogP contribution in [-0.4, -0.2) is 31.3 Å². The van der Waals surface area contributed by atoms with Crippen molar-refractivity contribution >= 4 is 5.91 Å². The Bertz CT molecular complexity index is 198. The summed E-state index contributed by atoms with van der Waals surface area (Å²) in [7, 11) is 0. The molecule has 0 aliphatic carbocycles. The van der Waals surface area contributed by atoms with Gasteiger partial charge in [0.05, 0.1) is 0 Å². The third-order valence-electron chi connectivity index (χ3n) is 1.59. The van der Waals surface area contributed by atoms with Crippen LogP contribution >= 0.6 is 0 Å². The summed E-state index contributed by atoms with van der Waals surface area (Å²) in [6.07, 6.45) is -3.99. The lowest BCUT2D eigenvalue weighted by atomic mass is 10.2. The molecule has 0 aromatic rings.